The number of nitrogens with two attached hydrogens (primary N) is 1. The summed E-state index contributed by atoms with van der Waals surface area (Å²) in [4.78, 5) is 14.6. The van der Waals surface area contributed by atoms with Crippen molar-refractivity contribution < 1.29 is 14.6 Å². The van der Waals surface area contributed by atoms with E-state index in [1.165, 1.54) is 5.56 Å². The second kappa shape index (κ2) is 7.45. The first-order valence-corrected chi connectivity index (χ1v) is 9.12. The molecule has 5 nitrogen and oxygen atoms in total. The summed E-state index contributed by atoms with van der Waals surface area (Å²) >= 11 is 0. The van der Waals surface area contributed by atoms with Crippen LogP contribution in [0.15, 0.2) is 48.2 Å². The third kappa shape index (κ3) is 4.14. The smallest absolute Gasteiger partial charge is 0.294 e. The molecule has 1 aliphatic heterocycles. The van der Waals surface area contributed by atoms with Gasteiger partial charge < -0.3 is 20.5 Å². The van der Waals surface area contributed by atoms with E-state index in [4.69, 9.17) is 15.6 Å². The molecular weight excluding hydrogens is 340 g/mol. The maximum absolute atomic E-state index is 12.9. The number of amides is 1. The largest absolute Gasteiger partial charge is 0.449 e. The van der Waals surface area contributed by atoms with E-state index in [1.54, 1.807) is 29.2 Å². The Hall–Kier alpha value is -2.79. The van der Waals surface area contributed by atoms with Gasteiger partial charge in [-0.25, -0.2) is 0 Å². The number of carbonyl (C=O) groups excluding carboxylic acids is 1. The molecule has 2 aromatic rings. The van der Waals surface area contributed by atoms with Crippen molar-refractivity contribution in [3.8, 4) is 5.75 Å². The monoisotopic (exact) mass is 366 g/mol. The molecule has 0 spiro atoms. The van der Waals surface area contributed by atoms with Gasteiger partial charge in [0.2, 0.25) is 0 Å². The molecule has 0 atom stereocenters. The molecule has 3 N–H and O–H groups in total. The minimum Gasteiger partial charge on any atom is -0.449 e. The number of nitrogens with zero attached hydrogens (tertiary/aromatic N) is 1. The molecule has 5 heteroatoms. The predicted molar refractivity (Wildman–Crippen MR) is 109 cm³/mol. The molecule has 142 valence electrons. The summed E-state index contributed by atoms with van der Waals surface area (Å²) < 4.78 is 5.86. The number of benzene rings is 2. The molecule has 0 unspecified atom stereocenters. The highest BCUT2D eigenvalue weighted by molar-refractivity contribution is 6.10. The van der Waals surface area contributed by atoms with Crippen LogP contribution in [0.2, 0.25) is 0 Å². The van der Waals surface area contributed by atoms with Gasteiger partial charge in [-0.05, 0) is 47.2 Å². The van der Waals surface area contributed by atoms with Crippen molar-refractivity contribution in [2.75, 3.05) is 23.8 Å². The quantitative estimate of drug-likeness (QED) is 0.639. The summed E-state index contributed by atoms with van der Waals surface area (Å²) in [7, 11) is 0. The molecule has 3 rings (SSSR count). The summed E-state index contributed by atoms with van der Waals surface area (Å²) in [6, 6.07) is 13.3. The van der Waals surface area contributed by atoms with Gasteiger partial charge in [-0.1, -0.05) is 45.0 Å². The molecule has 0 saturated heterocycles. The fraction of sp³-hybridized carbons (Fsp3) is 0.318. The van der Waals surface area contributed by atoms with Crippen LogP contribution in [0, 0.1) is 0 Å². The molecule has 0 saturated carbocycles. The molecule has 0 radical (unpaired) electrons. The van der Waals surface area contributed by atoms with Crippen LogP contribution in [0.25, 0.3) is 6.08 Å². The number of aliphatic hydroxyl groups excluding tert-OH is 1. The van der Waals surface area contributed by atoms with E-state index >= 15 is 0 Å². The van der Waals surface area contributed by atoms with Crippen molar-refractivity contribution in [2.24, 2.45) is 0 Å². The molecule has 0 bridgehead atoms. The van der Waals surface area contributed by atoms with Gasteiger partial charge in [-0.2, -0.15) is 0 Å². The Morgan fingerprint density at radius 1 is 1.15 bits per heavy atom. The highest BCUT2D eigenvalue weighted by atomic mass is 16.5. The van der Waals surface area contributed by atoms with Crippen molar-refractivity contribution in [1.82, 2.24) is 0 Å². The van der Waals surface area contributed by atoms with Gasteiger partial charge in [0.15, 0.2) is 11.5 Å². The van der Waals surface area contributed by atoms with Crippen LogP contribution in [-0.4, -0.2) is 24.2 Å². The summed E-state index contributed by atoms with van der Waals surface area (Å²) in [5.41, 5.74) is 9.26. The van der Waals surface area contributed by atoms with Gasteiger partial charge in [0.25, 0.3) is 5.91 Å². The lowest BCUT2D eigenvalue weighted by atomic mass is 9.87. The van der Waals surface area contributed by atoms with Gasteiger partial charge in [-0.3, -0.25) is 4.79 Å². The summed E-state index contributed by atoms with van der Waals surface area (Å²) in [5.74, 6) is 0.606. The highest BCUT2D eigenvalue weighted by Gasteiger charge is 2.30. The van der Waals surface area contributed by atoms with E-state index in [9.17, 15) is 4.79 Å². The molecular formula is C22H26N2O3. The molecule has 0 fully saturated rings. The van der Waals surface area contributed by atoms with Crippen LogP contribution >= 0.6 is 0 Å². The first-order chi connectivity index (χ1) is 12.8. The number of hydrogen-bond acceptors (Lipinski definition) is 4. The van der Waals surface area contributed by atoms with Crippen LogP contribution in [0.1, 0.15) is 38.3 Å². The summed E-state index contributed by atoms with van der Waals surface area (Å²) in [6.45, 7) is 6.90. The Kier molecular flexibility index (Phi) is 5.24. The predicted octanol–water partition coefficient (Wildman–Crippen LogP) is 3.72. The molecule has 0 aromatic heterocycles. The lowest BCUT2D eigenvalue weighted by Gasteiger charge is -2.30. The zero-order valence-electron chi connectivity index (χ0n) is 16.0. The van der Waals surface area contributed by atoms with Crippen molar-refractivity contribution in [3.05, 3.63) is 59.4 Å². The van der Waals surface area contributed by atoms with E-state index in [-0.39, 0.29) is 23.7 Å². The number of ether oxygens (including phenoxy) is 1. The number of rotatable bonds is 4. The Morgan fingerprint density at radius 3 is 2.48 bits per heavy atom. The van der Waals surface area contributed by atoms with E-state index in [0.717, 1.165) is 5.56 Å². The van der Waals surface area contributed by atoms with Crippen molar-refractivity contribution in [3.63, 3.8) is 0 Å². The molecule has 1 amide bonds. The van der Waals surface area contributed by atoms with Crippen LogP contribution in [0.5, 0.6) is 5.75 Å². The van der Waals surface area contributed by atoms with Gasteiger partial charge >= 0.3 is 0 Å². The maximum Gasteiger partial charge on any atom is 0.294 e. The summed E-state index contributed by atoms with van der Waals surface area (Å²) in [6.07, 6.45) is 2.23. The van der Waals surface area contributed by atoms with Crippen LogP contribution in [-0.2, 0) is 10.2 Å². The topological polar surface area (TPSA) is 75.8 Å². The van der Waals surface area contributed by atoms with E-state index < -0.39 is 0 Å². The zero-order valence-corrected chi connectivity index (χ0v) is 16.0. The molecule has 1 aliphatic rings. The molecule has 2 aromatic carbocycles. The highest BCUT2D eigenvalue weighted by Crippen LogP contribution is 2.37. The standard InChI is InChI=1S/C22H26N2O3/c1-22(2,3)16-7-5-15(6-8-16)13-20-21(26)24(11-4-12-25)18-14-17(23)9-10-19(18)27-20/h5-10,13-14,25H,4,11-12,23H2,1-3H3/b20-13+. The van der Waals surface area contributed by atoms with Gasteiger partial charge in [0.1, 0.15) is 0 Å². The number of hydrogen-bond donors (Lipinski definition) is 2. The summed E-state index contributed by atoms with van der Waals surface area (Å²) in [5, 5.41) is 9.17. The van der Waals surface area contributed by atoms with Crippen molar-refractivity contribution in [2.45, 2.75) is 32.6 Å². The zero-order chi connectivity index (χ0) is 19.6. The Morgan fingerprint density at radius 2 is 1.85 bits per heavy atom. The maximum atomic E-state index is 12.9. The van der Waals surface area contributed by atoms with Crippen molar-refractivity contribution >= 4 is 23.4 Å². The van der Waals surface area contributed by atoms with Gasteiger partial charge in [-0.15, -0.1) is 0 Å². The minimum absolute atomic E-state index is 0.00952. The van der Waals surface area contributed by atoms with E-state index in [0.29, 0.717) is 30.1 Å². The third-order valence-electron chi connectivity index (χ3n) is 4.56. The average Bonchev–Trinajstić information content (AvgIpc) is 2.62. The Balaban J connectivity index is 1.95. The number of carbonyl (C=O) groups is 1. The Labute approximate surface area is 160 Å². The lowest BCUT2D eigenvalue weighted by Crippen LogP contribution is -2.38. The number of anilines is 2. The van der Waals surface area contributed by atoms with Crippen LogP contribution in [0.3, 0.4) is 0 Å². The second-order valence-electron chi connectivity index (χ2n) is 7.74. The Bertz CT molecular complexity index is 864. The molecule has 27 heavy (non-hydrogen) atoms. The number of nitrogen functional groups attached to an aromatic ring is 1. The minimum atomic E-state index is -0.235. The second-order valence-corrected chi connectivity index (χ2v) is 7.74. The fourth-order valence-corrected chi connectivity index (χ4v) is 3.01. The fourth-order valence-electron chi connectivity index (χ4n) is 3.01. The molecule has 0 aliphatic carbocycles. The lowest BCUT2D eigenvalue weighted by molar-refractivity contribution is -0.117. The normalized spacial score (nSPS) is 15.6. The average molecular weight is 366 g/mol. The first kappa shape index (κ1) is 19.0. The van der Waals surface area contributed by atoms with Crippen molar-refractivity contribution in [1.29, 1.82) is 0 Å². The van der Waals surface area contributed by atoms with E-state index in [1.807, 2.05) is 12.1 Å². The SMILES string of the molecule is CC(C)(C)c1ccc(/C=C2/Oc3ccc(N)cc3N(CCCO)C2=O)cc1. The number of fused-ring (bicyclic) bond motifs is 1. The third-order valence-corrected chi connectivity index (χ3v) is 4.56. The molecule has 1 heterocycles. The first-order valence-electron chi connectivity index (χ1n) is 9.12. The van der Waals surface area contributed by atoms with Gasteiger partial charge in [0, 0.05) is 18.8 Å². The van der Waals surface area contributed by atoms with E-state index in [2.05, 4.69) is 32.9 Å². The number of aliphatic hydroxyl groups is 1. The van der Waals surface area contributed by atoms with Crippen LogP contribution in [0.4, 0.5) is 11.4 Å². The van der Waals surface area contributed by atoms with Crippen LogP contribution < -0.4 is 15.4 Å². The van der Waals surface area contributed by atoms with Gasteiger partial charge in [0.05, 0.1) is 5.69 Å².